The molecule has 146 valence electrons. The Morgan fingerprint density at radius 1 is 1.26 bits per heavy atom. The van der Waals surface area contributed by atoms with Crippen LogP contribution < -0.4 is 0 Å². The summed E-state index contributed by atoms with van der Waals surface area (Å²) in [4.78, 5) is 21.6. The van der Waals surface area contributed by atoms with Crippen molar-refractivity contribution >= 4 is 17.2 Å². The molecular weight excluding hydrogens is 354 g/mol. The van der Waals surface area contributed by atoms with Gasteiger partial charge < -0.3 is 9.80 Å². The maximum atomic E-state index is 12.7. The lowest BCUT2D eigenvalue weighted by Crippen LogP contribution is -2.41. The number of hydrogen-bond donors (Lipinski definition) is 0. The third kappa shape index (κ3) is 5.39. The van der Waals surface area contributed by atoms with Crippen molar-refractivity contribution in [1.82, 2.24) is 14.8 Å². The molecule has 1 aliphatic heterocycles. The van der Waals surface area contributed by atoms with Crippen LogP contribution in [-0.4, -0.2) is 53.4 Å². The average molecular weight is 386 g/mol. The van der Waals surface area contributed by atoms with Crippen LogP contribution in [-0.2, 0) is 6.42 Å². The number of nitrogens with zero attached hydrogens (tertiary/aromatic N) is 3. The molecule has 0 aliphatic carbocycles. The molecule has 0 spiro atoms. The summed E-state index contributed by atoms with van der Waals surface area (Å²) in [7, 11) is 0. The first-order chi connectivity index (χ1) is 13.1. The third-order valence-corrected chi connectivity index (χ3v) is 6.42. The van der Waals surface area contributed by atoms with Crippen LogP contribution in [0.1, 0.15) is 46.4 Å². The summed E-state index contributed by atoms with van der Waals surface area (Å²) in [5.74, 6) is 0.687. The van der Waals surface area contributed by atoms with E-state index in [1.54, 1.807) is 11.3 Å². The Bertz CT molecular complexity index is 750. The van der Waals surface area contributed by atoms with Gasteiger partial charge >= 0.3 is 0 Å². The molecule has 4 nitrogen and oxygen atoms in total. The Morgan fingerprint density at radius 2 is 2.00 bits per heavy atom. The van der Waals surface area contributed by atoms with Crippen LogP contribution in [0, 0.1) is 19.8 Å². The van der Waals surface area contributed by atoms with Gasteiger partial charge in [0.1, 0.15) is 5.69 Å². The fraction of sp³-hybridized carbons (Fsp3) is 0.545. The molecule has 0 bridgehead atoms. The number of aromatic nitrogens is 1. The molecule has 27 heavy (non-hydrogen) atoms. The highest BCUT2D eigenvalue weighted by atomic mass is 32.1. The lowest BCUT2D eigenvalue weighted by atomic mass is 9.95. The van der Waals surface area contributed by atoms with E-state index in [0.29, 0.717) is 11.6 Å². The van der Waals surface area contributed by atoms with E-state index in [2.05, 4.69) is 48.0 Å². The van der Waals surface area contributed by atoms with Crippen molar-refractivity contribution in [2.24, 2.45) is 5.92 Å². The minimum Gasteiger partial charge on any atom is -0.337 e. The molecule has 1 amide bonds. The summed E-state index contributed by atoms with van der Waals surface area (Å²) >= 11 is 1.55. The van der Waals surface area contributed by atoms with Crippen LogP contribution >= 0.6 is 11.3 Å². The molecule has 1 aliphatic rings. The summed E-state index contributed by atoms with van der Waals surface area (Å²) in [6, 6.07) is 8.68. The highest BCUT2D eigenvalue weighted by Crippen LogP contribution is 2.20. The smallest absolute Gasteiger partial charge is 0.273 e. The number of amides is 1. The lowest BCUT2D eigenvalue weighted by Gasteiger charge is -2.34. The zero-order valence-electron chi connectivity index (χ0n) is 16.8. The molecule has 5 heteroatoms. The third-order valence-electron chi connectivity index (χ3n) is 5.65. The number of carbonyl (C=O) groups is 1. The van der Waals surface area contributed by atoms with Crippen molar-refractivity contribution in [1.29, 1.82) is 0 Å². The molecule has 2 aromatic rings. The van der Waals surface area contributed by atoms with Gasteiger partial charge in [0.2, 0.25) is 0 Å². The molecule has 0 radical (unpaired) electrons. The number of thiazole rings is 1. The summed E-state index contributed by atoms with van der Waals surface area (Å²) < 4.78 is 0. The highest BCUT2D eigenvalue weighted by molar-refractivity contribution is 7.09. The zero-order chi connectivity index (χ0) is 19.2. The predicted molar refractivity (Wildman–Crippen MR) is 112 cm³/mol. The molecule has 2 heterocycles. The molecule has 0 saturated carbocycles. The number of likely N-dealkylation sites (tertiary alicyclic amines) is 1. The number of piperidine rings is 1. The summed E-state index contributed by atoms with van der Waals surface area (Å²) in [6.07, 6.45) is 3.47. The number of rotatable bonds is 7. The van der Waals surface area contributed by atoms with Gasteiger partial charge in [-0.25, -0.2) is 4.98 Å². The Morgan fingerprint density at radius 3 is 2.63 bits per heavy atom. The molecule has 3 rings (SSSR count). The Labute approximate surface area is 167 Å². The summed E-state index contributed by atoms with van der Waals surface area (Å²) in [5.41, 5.74) is 3.46. The fourth-order valence-corrected chi connectivity index (χ4v) is 4.44. The predicted octanol–water partition coefficient (Wildman–Crippen LogP) is 4.18. The first-order valence-electron chi connectivity index (χ1n) is 10.0. The summed E-state index contributed by atoms with van der Waals surface area (Å²) in [5, 5.41) is 2.84. The van der Waals surface area contributed by atoms with Crippen molar-refractivity contribution < 1.29 is 4.79 Å². The lowest BCUT2D eigenvalue weighted by molar-refractivity contribution is 0.0696. The van der Waals surface area contributed by atoms with E-state index in [1.807, 2.05) is 17.2 Å². The quantitative estimate of drug-likeness (QED) is 0.717. The van der Waals surface area contributed by atoms with Gasteiger partial charge in [0, 0.05) is 25.0 Å². The minimum absolute atomic E-state index is 0.0869. The van der Waals surface area contributed by atoms with Crippen molar-refractivity contribution in [3.8, 4) is 0 Å². The maximum Gasteiger partial charge on any atom is 0.273 e. The standard InChI is InChI=1S/C22H31N3OS/c1-4-25(22(26)21-16-27-18(3)23-21)15-19-9-12-24(13-10-19)14-11-20-8-6-5-7-17(20)2/h5-8,16,19H,4,9-15H2,1-3H3. The van der Waals surface area contributed by atoms with Crippen LogP contribution in [0.3, 0.4) is 0 Å². The van der Waals surface area contributed by atoms with E-state index >= 15 is 0 Å². The first kappa shape index (κ1) is 20.0. The van der Waals surface area contributed by atoms with Gasteiger partial charge in [0.15, 0.2) is 0 Å². The van der Waals surface area contributed by atoms with E-state index in [9.17, 15) is 4.79 Å². The first-order valence-corrected chi connectivity index (χ1v) is 10.9. The number of carbonyl (C=O) groups excluding carboxylic acids is 1. The van der Waals surface area contributed by atoms with Gasteiger partial charge in [0.05, 0.1) is 5.01 Å². The van der Waals surface area contributed by atoms with Gasteiger partial charge in [-0.3, -0.25) is 4.79 Å². The molecule has 1 aromatic carbocycles. The number of aryl methyl sites for hydroxylation is 2. The number of benzene rings is 1. The summed E-state index contributed by atoms with van der Waals surface area (Å²) in [6.45, 7) is 11.2. The van der Waals surface area contributed by atoms with Gasteiger partial charge in [0.25, 0.3) is 5.91 Å². The second-order valence-corrected chi connectivity index (χ2v) is 8.62. The molecule has 1 fully saturated rings. The largest absolute Gasteiger partial charge is 0.337 e. The Kier molecular flexibility index (Phi) is 7.02. The minimum atomic E-state index is 0.0869. The monoisotopic (exact) mass is 385 g/mol. The molecule has 1 aromatic heterocycles. The van der Waals surface area contributed by atoms with Gasteiger partial charge in [-0.05, 0) is 70.2 Å². The van der Waals surface area contributed by atoms with Crippen molar-refractivity contribution in [2.75, 3.05) is 32.7 Å². The van der Waals surface area contributed by atoms with Crippen LogP contribution in [0.15, 0.2) is 29.6 Å². The van der Waals surface area contributed by atoms with Crippen molar-refractivity contribution in [3.05, 3.63) is 51.5 Å². The van der Waals surface area contributed by atoms with Gasteiger partial charge in [-0.1, -0.05) is 24.3 Å². The van der Waals surface area contributed by atoms with Gasteiger partial charge in [-0.2, -0.15) is 0 Å². The maximum absolute atomic E-state index is 12.7. The molecular formula is C22H31N3OS. The Hall–Kier alpha value is -1.72. The second kappa shape index (κ2) is 9.47. The van der Waals surface area contributed by atoms with Crippen LogP contribution in [0.5, 0.6) is 0 Å². The van der Waals surface area contributed by atoms with E-state index in [1.165, 1.54) is 24.0 Å². The van der Waals surface area contributed by atoms with E-state index < -0.39 is 0 Å². The fourth-order valence-electron chi connectivity index (χ4n) is 3.85. The SMILES string of the molecule is CCN(CC1CCN(CCc2ccccc2C)CC1)C(=O)c1csc(C)n1. The van der Waals surface area contributed by atoms with Gasteiger partial charge in [-0.15, -0.1) is 11.3 Å². The highest BCUT2D eigenvalue weighted by Gasteiger charge is 2.24. The normalized spacial score (nSPS) is 15.8. The molecule has 0 unspecified atom stereocenters. The Balaban J connectivity index is 1.45. The number of hydrogen-bond acceptors (Lipinski definition) is 4. The van der Waals surface area contributed by atoms with Crippen LogP contribution in [0.4, 0.5) is 0 Å². The van der Waals surface area contributed by atoms with E-state index in [-0.39, 0.29) is 5.91 Å². The van der Waals surface area contributed by atoms with E-state index in [4.69, 9.17) is 0 Å². The van der Waals surface area contributed by atoms with E-state index in [0.717, 1.165) is 44.2 Å². The molecule has 0 N–H and O–H groups in total. The topological polar surface area (TPSA) is 36.4 Å². The van der Waals surface area contributed by atoms with Crippen LogP contribution in [0.25, 0.3) is 0 Å². The average Bonchev–Trinajstić information content (AvgIpc) is 3.12. The second-order valence-electron chi connectivity index (χ2n) is 7.56. The van der Waals surface area contributed by atoms with Crippen molar-refractivity contribution in [2.45, 2.75) is 40.0 Å². The zero-order valence-corrected chi connectivity index (χ0v) is 17.6. The molecule has 0 atom stereocenters. The van der Waals surface area contributed by atoms with Crippen LogP contribution in [0.2, 0.25) is 0 Å². The van der Waals surface area contributed by atoms with Crippen molar-refractivity contribution in [3.63, 3.8) is 0 Å². The molecule has 1 saturated heterocycles.